The van der Waals surface area contributed by atoms with Gasteiger partial charge in [-0.15, -0.1) is 0 Å². The SMILES string of the molecule is COc1ccc(-c2cc3ccc(C)cc3c(=O)o2)cc1. The first-order valence-corrected chi connectivity index (χ1v) is 6.36. The summed E-state index contributed by atoms with van der Waals surface area (Å²) in [5.41, 5.74) is 1.59. The second-order valence-electron chi connectivity index (χ2n) is 4.72. The summed E-state index contributed by atoms with van der Waals surface area (Å²) in [7, 11) is 1.62. The van der Waals surface area contributed by atoms with Gasteiger partial charge in [0.1, 0.15) is 11.5 Å². The number of aryl methyl sites for hydroxylation is 1. The Morgan fingerprint density at radius 2 is 1.75 bits per heavy atom. The van der Waals surface area contributed by atoms with Crippen LogP contribution in [0.3, 0.4) is 0 Å². The van der Waals surface area contributed by atoms with Gasteiger partial charge in [-0.3, -0.25) is 0 Å². The largest absolute Gasteiger partial charge is 0.497 e. The average Bonchev–Trinajstić information content (AvgIpc) is 2.48. The van der Waals surface area contributed by atoms with Gasteiger partial charge >= 0.3 is 5.63 Å². The van der Waals surface area contributed by atoms with E-state index >= 15 is 0 Å². The zero-order chi connectivity index (χ0) is 14.1. The van der Waals surface area contributed by atoms with Crippen LogP contribution in [-0.2, 0) is 0 Å². The number of benzene rings is 2. The molecule has 0 amide bonds. The number of methoxy groups -OCH3 is 1. The van der Waals surface area contributed by atoms with Crippen LogP contribution in [0, 0.1) is 6.92 Å². The van der Waals surface area contributed by atoms with Gasteiger partial charge in [0.2, 0.25) is 0 Å². The maximum absolute atomic E-state index is 12.1. The van der Waals surface area contributed by atoms with Gasteiger partial charge in [-0.1, -0.05) is 17.7 Å². The Balaban J connectivity index is 2.16. The molecule has 20 heavy (non-hydrogen) atoms. The first-order chi connectivity index (χ1) is 9.67. The molecular weight excluding hydrogens is 252 g/mol. The molecule has 0 unspecified atom stereocenters. The Hall–Kier alpha value is -2.55. The molecule has 3 aromatic rings. The molecule has 0 atom stereocenters. The van der Waals surface area contributed by atoms with E-state index < -0.39 is 0 Å². The second kappa shape index (κ2) is 4.85. The smallest absolute Gasteiger partial charge is 0.344 e. The summed E-state index contributed by atoms with van der Waals surface area (Å²) in [5.74, 6) is 1.33. The lowest BCUT2D eigenvalue weighted by molar-refractivity contribution is 0.415. The van der Waals surface area contributed by atoms with E-state index in [4.69, 9.17) is 9.15 Å². The maximum atomic E-state index is 12.1. The van der Waals surface area contributed by atoms with Crippen molar-refractivity contribution in [3.8, 4) is 17.1 Å². The molecule has 0 aliphatic rings. The first-order valence-electron chi connectivity index (χ1n) is 6.36. The standard InChI is InChI=1S/C17H14O3/c1-11-3-4-13-10-16(20-17(18)15(13)9-11)12-5-7-14(19-2)8-6-12/h3-10H,1-2H3. The van der Waals surface area contributed by atoms with Gasteiger partial charge in [0.15, 0.2) is 0 Å². The molecular formula is C17H14O3. The number of hydrogen-bond acceptors (Lipinski definition) is 3. The third-order valence-electron chi connectivity index (χ3n) is 3.29. The quantitative estimate of drug-likeness (QED) is 0.708. The zero-order valence-corrected chi connectivity index (χ0v) is 11.3. The average molecular weight is 266 g/mol. The molecule has 100 valence electrons. The lowest BCUT2D eigenvalue weighted by Gasteiger charge is -2.04. The topological polar surface area (TPSA) is 39.4 Å². The molecule has 1 aromatic heterocycles. The molecule has 0 saturated heterocycles. The zero-order valence-electron chi connectivity index (χ0n) is 11.3. The summed E-state index contributed by atoms with van der Waals surface area (Å²) >= 11 is 0. The Kier molecular flexibility index (Phi) is 3.03. The fourth-order valence-electron chi connectivity index (χ4n) is 2.20. The van der Waals surface area contributed by atoms with Gasteiger partial charge in [0, 0.05) is 5.56 Å². The number of hydrogen-bond donors (Lipinski definition) is 0. The lowest BCUT2D eigenvalue weighted by Crippen LogP contribution is -2.00. The van der Waals surface area contributed by atoms with Crippen molar-refractivity contribution in [1.82, 2.24) is 0 Å². The molecule has 0 radical (unpaired) electrons. The molecule has 0 N–H and O–H groups in total. The second-order valence-corrected chi connectivity index (χ2v) is 4.72. The Bertz CT molecular complexity index is 814. The predicted octanol–water partition coefficient (Wildman–Crippen LogP) is 3.78. The van der Waals surface area contributed by atoms with Crippen LogP contribution in [0.1, 0.15) is 5.56 Å². The van der Waals surface area contributed by atoms with E-state index in [2.05, 4.69) is 0 Å². The fourth-order valence-corrected chi connectivity index (χ4v) is 2.20. The van der Waals surface area contributed by atoms with Crippen molar-refractivity contribution in [2.75, 3.05) is 7.11 Å². The van der Waals surface area contributed by atoms with Crippen LogP contribution < -0.4 is 10.4 Å². The fraction of sp³-hybridized carbons (Fsp3) is 0.118. The molecule has 0 saturated carbocycles. The predicted molar refractivity (Wildman–Crippen MR) is 79.2 cm³/mol. The Morgan fingerprint density at radius 3 is 2.45 bits per heavy atom. The van der Waals surface area contributed by atoms with Crippen LogP contribution in [0.15, 0.2) is 57.7 Å². The summed E-state index contributed by atoms with van der Waals surface area (Å²) in [6.45, 7) is 1.95. The number of rotatable bonds is 2. The molecule has 3 heteroatoms. The van der Waals surface area contributed by atoms with E-state index in [0.717, 1.165) is 22.3 Å². The van der Waals surface area contributed by atoms with E-state index in [-0.39, 0.29) is 5.63 Å². The van der Waals surface area contributed by atoms with E-state index in [1.165, 1.54) is 0 Å². The summed E-state index contributed by atoms with van der Waals surface area (Å²) in [6, 6.07) is 15.1. The molecule has 2 aromatic carbocycles. The first kappa shape index (κ1) is 12.5. The minimum Gasteiger partial charge on any atom is -0.497 e. The molecule has 0 aliphatic carbocycles. The highest BCUT2D eigenvalue weighted by Gasteiger charge is 2.07. The van der Waals surface area contributed by atoms with Gasteiger partial charge in [0.05, 0.1) is 12.5 Å². The number of fused-ring (bicyclic) bond motifs is 1. The van der Waals surface area contributed by atoms with Crippen LogP contribution in [0.2, 0.25) is 0 Å². The van der Waals surface area contributed by atoms with Crippen LogP contribution >= 0.6 is 0 Å². The maximum Gasteiger partial charge on any atom is 0.344 e. The van der Waals surface area contributed by atoms with Gasteiger partial charge < -0.3 is 9.15 Å². The minimum absolute atomic E-state index is 0.308. The van der Waals surface area contributed by atoms with Crippen molar-refractivity contribution >= 4 is 10.8 Å². The van der Waals surface area contributed by atoms with Crippen LogP contribution in [-0.4, -0.2) is 7.11 Å². The Labute approximate surface area is 116 Å². The molecule has 3 rings (SSSR count). The van der Waals surface area contributed by atoms with Gasteiger partial charge in [-0.05, 0) is 48.7 Å². The Morgan fingerprint density at radius 1 is 1.00 bits per heavy atom. The molecule has 0 fully saturated rings. The molecule has 1 heterocycles. The highest BCUT2D eigenvalue weighted by atomic mass is 16.5. The summed E-state index contributed by atoms with van der Waals surface area (Å²) in [4.78, 5) is 12.1. The van der Waals surface area contributed by atoms with Crippen LogP contribution in [0.4, 0.5) is 0 Å². The third kappa shape index (κ3) is 2.18. The van der Waals surface area contributed by atoms with Gasteiger partial charge in [-0.25, -0.2) is 4.79 Å². The summed E-state index contributed by atoms with van der Waals surface area (Å²) in [5, 5.41) is 1.50. The molecule has 0 spiro atoms. The third-order valence-corrected chi connectivity index (χ3v) is 3.29. The van der Waals surface area contributed by atoms with Crippen molar-refractivity contribution in [3.05, 3.63) is 64.5 Å². The highest BCUT2D eigenvalue weighted by molar-refractivity contribution is 5.84. The van der Waals surface area contributed by atoms with E-state index in [1.807, 2.05) is 55.5 Å². The van der Waals surface area contributed by atoms with Gasteiger partial charge in [0.25, 0.3) is 0 Å². The lowest BCUT2D eigenvalue weighted by atomic mass is 10.1. The summed E-state index contributed by atoms with van der Waals surface area (Å²) in [6.07, 6.45) is 0. The normalized spacial score (nSPS) is 10.7. The van der Waals surface area contributed by atoms with E-state index in [1.54, 1.807) is 7.11 Å². The van der Waals surface area contributed by atoms with E-state index in [0.29, 0.717) is 11.1 Å². The van der Waals surface area contributed by atoms with E-state index in [9.17, 15) is 4.79 Å². The van der Waals surface area contributed by atoms with Gasteiger partial charge in [-0.2, -0.15) is 0 Å². The summed E-state index contributed by atoms with van der Waals surface area (Å²) < 4.78 is 10.5. The molecule has 3 nitrogen and oxygen atoms in total. The molecule has 0 aliphatic heterocycles. The number of ether oxygens (including phenoxy) is 1. The minimum atomic E-state index is -0.308. The van der Waals surface area contributed by atoms with Crippen molar-refractivity contribution in [2.24, 2.45) is 0 Å². The van der Waals surface area contributed by atoms with Crippen molar-refractivity contribution < 1.29 is 9.15 Å². The van der Waals surface area contributed by atoms with Crippen molar-refractivity contribution in [2.45, 2.75) is 6.92 Å². The monoisotopic (exact) mass is 266 g/mol. The van der Waals surface area contributed by atoms with Crippen molar-refractivity contribution in [1.29, 1.82) is 0 Å². The van der Waals surface area contributed by atoms with Crippen LogP contribution in [0.25, 0.3) is 22.1 Å². The highest BCUT2D eigenvalue weighted by Crippen LogP contribution is 2.24. The van der Waals surface area contributed by atoms with Crippen LogP contribution in [0.5, 0.6) is 5.75 Å². The van der Waals surface area contributed by atoms with Crippen molar-refractivity contribution in [3.63, 3.8) is 0 Å². The molecule has 0 bridgehead atoms.